The molecule has 2 aromatic rings. The third-order valence-corrected chi connectivity index (χ3v) is 4.84. The zero-order valence-electron chi connectivity index (χ0n) is 14.7. The molecule has 1 saturated carbocycles. The third kappa shape index (κ3) is 4.52. The van der Waals surface area contributed by atoms with E-state index in [1.54, 1.807) is 0 Å². The van der Waals surface area contributed by atoms with Crippen LogP contribution in [0, 0.1) is 35.0 Å². The van der Waals surface area contributed by atoms with E-state index in [1.165, 1.54) is 11.1 Å². The number of carbonyl (C=O) groups excluding carboxylic acids is 1. The van der Waals surface area contributed by atoms with Crippen molar-refractivity contribution < 1.29 is 4.79 Å². The summed E-state index contributed by atoms with van der Waals surface area (Å²) in [7, 11) is 0. The molecule has 1 aliphatic rings. The Hall–Kier alpha value is -3.04. The highest BCUT2D eigenvalue weighted by Gasteiger charge is 2.29. The third-order valence-electron chi connectivity index (χ3n) is 4.84. The lowest BCUT2D eigenvalue weighted by atomic mass is 9.79. The first kappa shape index (κ1) is 17.8. The van der Waals surface area contributed by atoms with Gasteiger partial charge in [-0.25, -0.2) is 0 Å². The van der Waals surface area contributed by atoms with Crippen molar-refractivity contribution in [3.8, 4) is 29.0 Å². The number of hydrogen-bond acceptors (Lipinski definition) is 2. The number of amides is 1. The van der Waals surface area contributed by atoms with E-state index < -0.39 is 0 Å². The molecular weight excluding hydrogens is 320 g/mol. The molecule has 3 heteroatoms. The first-order valence-corrected chi connectivity index (χ1v) is 9.09. The van der Waals surface area contributed by atoms with E-state index >= 15 is 0 Å². The highest BCUT2D eigenvalue weighted by Crippen LogP contribution is 2.30. The molecule has 1 fully saturated rings. The minimum atomic E-state index is -0.104. The molecule has 0 bridgehead atoms. The topological polar surface area (TPSA) is 52.9 Å². The van der Waals surface area contributed by atoms with Crippen molar-refractivity contribution in [2.24, 2.45) is 11.8 Å². The quantitative estimate of drug-likeness (QED) is 0.673. The molecule has 0 saturated heterocycles. The van der Waals surface area contributed by atoms with E-state index in [2.05, 4.69) is 41.4 Å². The van der Waals surface area contributed by atoms with E-state index in [0.717, 1.165) is 31.2 Å². The van der Waals surface area contributed by atoms with Gasteiger partial charge in [0.15, 0.2) is 0 Å². The fraction of sp³-hybridized carbons (Fsp3) is 0.304. The van der Waals surface area contributed by atoms with Crippen molar-refractivity contribution in [3.63, 3.8) is 0 Å². The predicted molar refractivity (Wildman–Crippen MR) is 103 cm³/mol. The summed E-state index contributed by atoms with van der Waals surface area (Å²) in [6.07, 6.45) is 3.95. The molecule has 0 spiro atoms. The van der Waals surface area contributed by atoms with Crippen molar-refractivity contribution >= 4 is 5.91 Å². The summed E-state index contributed by atoms with van der Waals surface area (Å²) in [5.74, 6) is 6.48. The lowest BCUT2D eigenvalue weighted by Crippen LogP contribution is -2.36. The van der Waals surface area contributed by atoms with Gasteiger partial charge in [0.2, 0.25) is 5.91 Å². The maximum atomic E-state index is 12.3. The number of benzene rings is 2. The maximum Gasteiger partial charge on any atom is 0.225 e. The van der Waals surface area contributed by atoms with E-state index in [4.69, 9.17) is 5.26 Å². The van der Waals surface area contributed by atoms with Crippen molar-refractivity contribution in [2.45, 2.75) is 25.7 Å². The standard InChI is InChI=1S/C23H22N2O/c24-16-17-25-23(26)22-9-5-4-8-21(22)15-12-18-10-13-20(14-11-18)19-6-2-1-3-7-19/h1-3,6-7,10-11,13-14,21-22H,4-5,8-9,17H2,(H,25,26). The average molecular weight is 342 g/mol. The molecule has 26 heavy (non-hydrogen) atoms. The van der Waals surface area contributed by atoms with Gasteiger partial charge in [0.1, 0.15) is 6.54 Å². The van der Waals surface area contributed by atoms with Gasteiger partial charge < -0.3 is 5.32 Å². The SMILES string of the molecule is N#CCNC(=O)C1CCCCC1C#Cc1ccc(-c2ccccc2)cc1. The van der Waals surface area contributed by atoms with Crippen LogP contribution >= 0.6 is 0 Å². The lowest BCUT2D eigenvalue weighted by molar-refractivity contribution is -0.126. The molecule has 1 N–H and O–H groups in total. The second-order valence-electron chi connectivity index (χ2n) is 6.59. The van der Waals surface area contributed by atoms with Gasteiger partial charge in [-0.05, 0) is 36.1 Å². The van der Waals surface area contributed by atoms with E-state index in [0.29, 0.717) is 0 Å². The summed E-state index contributed by atoms with van der Waals surface area (Å²) in [6.45, 7) is 0.0659. The second-order valence-corrected chi connectivity index (χ2v) is 6.59. The number of nitrogens with one attached hydrogen (secondary N) is 1. The summed E-state index contributed by atoms with van der Waals surface area (Å²) in [5, 5.41) is 11.3. The molecule has 0 radical (unpaired) electrons. The molecule has 1 amide bonds. The summed E-state index contributed by atoms with van der Waals surface area (Å²) in [4.78, 5) is 12.3. The smallest absolute Gasteiger partial charge is 0.225 e. The van der Waals surface area contributed by atoms with Crippen molar-refractivity contribution in [1.82, 2.24) is 5.32 Å². The highest BCUT2D eigenvalue weighted by atomic mass is 16.1. The van der Waals surface area contributed by atoms with Gasteiger partial charge in [0, 0.05) is 11.5 Å². The van der Waals surface area contributed by atoms with Gasteiger partial charge in [-0.2, -0.15) is 5.26 Å². The predicted octanol–water partition coefficient (Wildman–Crippen LogP) is 4.15. The molecule has 3 rings (SSSR count). The lowest BCUT2D eigenvalue weighted by Gasteiger charge is -2.26. The zero-order chi connectivity index (χ0) is 18.2. The van der Waals surface area contributed by atoms with Gasteiger partial charge >= 0.3 is 0 Å². The number of carbonyl (C=O) groups is 1. The van der Waals surface area contributed by atoms with Gasteiger partial charge in [0.25, 0.3) is 0 Å². The van der Waals surface area contributed by atoms with E-state index in [-0.39, 0.29) is 24.3 Å². The minimum absolute atomic E-state index is 0.0371. The molecule has 2 aromatic carbocycles. The van der Waals surface area contributed by atoms with Gasteiger partial charge in [-0.3, -0.25) is 4.79 Å². The summed E-state index contributed by atoms with van der Waals surface area (Å²) < 4.78 is 0. The molecular formula is C23H22N2O. The first-order chi connectivity index (χ1) is 12.8. The fourth-order valence-corrected chi connectivity index (χ4v) is 3.43. The minimum Gasteiger partial charge on any atom is -0.343 e. The number of nitriles is 1. The van der Waals surface area contributed by atoms with Crippen LogP contribution in [0.5, 0.6) is 0 Å². The average Bonchev–Trinajstić information content (AvgIpc) is 2.71. The van der Waals surface area contributed by atoms with Gasteiger partial charge in [-0.15, -0.1) is 0 Å². The Bertz CT molecular complexity index is 838. The first-order valence-electron chi connectivity index (χ1n) is 9.09. The van der Waals surface area contributed by atoms with E-state index in [1.807, 2.05) is 36.4 Å². The van der Waals surface area contributed by atoms with Crippen LogP contribution < -0.4 is 5.32 Å². The maximum absolute atomic E-state index is 12.3. The Morgan fingerprint density at radius 2 is 1.69 bits per heavy atom. The summed E-state index contributed by atoms with van der Waals surface area (Å²) in [6, 6.07) is 20.4. The van der Waals surface area contributed by atoms with Crippen LogP contribution in [-0.4, -0.2) is 12.5 Å². The van der Waals surface area contributed by atoms with E-state index in [9.17, 15) is 4.79 Å². The molecule has 0 aliphatic heterocycles. The Labute approximate surface area is 155 Å². The Kier molecular flexibility index (Phi) is 6.07. The number of rotatable bonds is 3. The van der Waals surface area contributed by atoms with Crippen LogP contribution in [0.1, 0.15) is 31.2 Å². The van der Waals surface area contributed by atoms with Crippen LogP contribution in [0.2, 0.25) is 0 Å². The van der Waals surface area contributed by atoms with Crippen molar-refractivity contribution in [2.75, 3.05) is 6.54 Å². The molecule has 1 aliphatic carbocycles. The molecule has 3 nitrogen and oxygen atoms in total. The largest absolute Gasteiger partial charge is 0.343 e. The van der Waals surface area contributed by atoms with Gasteiger partial charge in [0.05, 0.1) is 12.0 Å². The van der Waals surface area contributed by atoms with Crippen molar-refractivity contribution in [1.29, 1.82) is 5.26 Å². The molecule has 130 valence electrons. The Morgan fingerprint density at radius 1 is 1.00 bits per heavy atom. The van der Waals surface area contributed by atoms with Gasteiger partial charge in [-0.1, -0.05) is 67.1 Å². The molecule has 0 heterocycles. The van der Waals surface area contributed by atoms with Crippen LogP contribution in [0.25, 0.3) is 11.1 Å². The van der Waals surface area contributed by atoms with Crippen LogP contribution in [0.15, 0.2) is 54.6 Å². The highest BCUT2D eigenvalue weighted by molar-refractivity contribution is 5.79. The number of nitrogens with zero attached hydrogens (tertiary/aromatic N) is 1. The van der Waals surface area contributed by atoms with Crippen LogP contribution in [0.4, 0.5) is 0 Å². The van der Waals surface area contributed by atoms with Crippen LogP contribution in [-0.2, 0) is 4.79 Å². The molecule has 0 aromatic heterocycles. The molecule has 2 atom stereocenters. The van der Waals surface area contributed by atoms with Crippen molar-refractivity contribution in [3.05, 3.63) is 60.2 Å². The van der Waals surface area contributed by atoms with Crippen LogP contribution in [0.3, 0.4) is 0 Å². The second kappa shape index (κ2) is 8.88. The number of hydrogen-bond donors (Lipinski definition) is 1. The summed E-state index contributed by atoms with van der Waals surface area (Å²) in [5.41, 5.74) is 3.32. The Morgan fingerprint density at radius 3 is 2.42 bits per heavy atom. The zero-order valence-corrected chi connectivity index (χ0v) is 14.7. The monoisotopic (exact) mass is 342 g/mol. The fourth-order valence-electron chi connectivity index (χ4n) is 3.43. The molecule has 2 unspecified atom stereocenters. The summed E-state index contributed by atoms with van der Waals surface area (Å²) >= 11 is 0. The Balaban J connectivity index is 1.71. The normalized spacial score (nSPS) is 18.9.